The monoisotopic (exact) mass is 331 g/mol. The van der Waals surface area contributed by atoms with Crippen molar-refractivity contribution in [2.45, 2.75) is 13.8 Å². The molecule has 0 unspecified atom stereocenters. The molecule has 0 saturated carbocycles. The van der Waals surface area contributed by atoms with Crippen molar-refractivity contribution in [3.8, 4) is 0 Å². The van der Waals surface area contributed by atoms with Crippen LogP contribution in [0.15, 0.2) is 12.1 Å². The third-order valence-electron chi connectivity index (χ3n) is 2.97. The van der Waals surface area contributed by atoms with Crippen molar-refractivity contribution in [1.82, 2.24) is 9.80 Å². The number of halogens is 2. The lowest BCUT2D eigenvalue weighted by Crippen LogP contribution is -2.39. The van der Waals surface area contributed by atoms with Gasteiger partial charge in [-0.1, -0.05) is 37.0 Å². The Morgan fingerprint density at radius 2 is 1.86 bits per heavy atom. The van der Waals surface area contributed by atoms with Crippen LogP contribution in [-0.4, -0.2) is 49.4 Å². The van der Waals surface area contributed by atoms with Gasteiger partial charge in [0.1, 0.15) is 0 Å². The van der Waals surface area contributed by atoms with Crippen LogP contribution in [0, 0.1) is 5.92 Å². The van der Waals surface area contributed by atoms with E-state index in [9.17, 15) is 4.79 Å². The van der Waals surface area contributed by atoms with E-state index in [1.54, 1.807) is 17.0 Å². The van der Waals surface area contributed by atoms with Gasteiger partial charge in [-0.3, -0.25) is 4.79 Å². The van der Waals surface area contributed by atoms with E-state index < -0.39 is 0 Å². The van der Waals surface area contributed by atoms with E-state index >= 15 is 0 Å². The Balaban J connectivity index is 3.04. The highest BCUT2D eigenvalue weighted by Crippen LogP contribution is 2.29. The van der Waals surface area contributed by atoms with Gasteiger partial charge in [0.2, 0.25) is 0 Å². The number of amides is 1. The number of anilines is 1. The molecule has 0 aliphatic heterocycles. The number of nitrogens with two attached hydrogens (primary N) is 1. The van der Waals surface area contributed by atoms with Gasteiger partial charge in [-0.15, -0.1) is 0 Å². The Bertz CT molecular complexity index is 504. The number of benzene rings is 1. The summed E-state index contributed by atoms with van der Waals surface area (Å²) in [6.45, 7) is 6.22. The molecule has 1 aromatic carbocycles. The lowest BCUT2D eigenvalue weighted by Gasteiger charge is -2.26. The van der Waals surface area contributed by atoms with Gasteiger partial charge in [0, 0.05) is 25.3 Å². The van der Waals surface area contributed by atoms with Crippen molar-refractivity contribution in [3.05, 3.63) is 27.7 Å². The Morgan fingerprint density at radius 1 is 1.24 bits per heavy atom. The molecule has 1 rings (SSSR count). The van der Waals surface area contributed by atoms with Crippen LogP contribution in [0.3, 0.4) is 0 Å². The summed E-state index contributed by atoms with van der Waals surface area (Å²) in [4.78, 5) is 16.6. The molecule has 118 valence electrons. The van der Waals surface area contributed by atoms with Gasteiger partial charge in [-0.05, 0) is 32.1 Å². The second-order valence-electron chi connectivity index (χ2n) is 5.81. The van der Waals surface area contributed by atoms with Gasteiger partial charge < -0.3 is 15.5 Å². The molecule has 0 fully saturated rings. The van der Waals surface area contributed by atoms with Crippen molar-refractivity contribution >= 4 is 34.8 Å². The molecule has 1 amide bonds. The van der Waals surface area contributed by atoms with Gasteiger partial charge in [-0.25, -0.2) is 0 Å². The fourth-order valence-corrected chi connectivity index (χ4v) is 2.39. The summed E-state index contributed by atoms with van der Waals surface area (Å²) in [5, 5.41) is 0.562. The highest BCUT2D eigenvalue weighted by molar-refractivity contribution is 6.44. The molecule has 0 aliphatic rings. The summed E-state index contributed by atoms with van der Waals surface area (Å²) >= 11 is 12.2. The molecular formula is C15H23Cl2N3O. The van der Waals surface area contributed by atoms with E-state index in [0.29, 0.717) is 35.3 Å². The molecule has 4 nitrogen and oxygen atoms in total. The smallest absolute Gasteiger partial charge is 0.255 e. The van der Waals surface area contributed by atoms with E-state index in [-0.39, 0.29) is 10.9 Å². The van der Waals surface area contributed by atoms with E-state index in [1.165, 1.54) is 0 Å². The Hall–Kier alpha value is -0.970. The number of carbonyl (C=O) groups excluding carboxylic acids is 1. The van der Waals surface area contributed by atoms with Crippen molar-refractivity contribution in [1.29, 1.82) is 0 Å². The molecule has 0 bridgehead atoms. The molecule has 2 N–H and O–H groups in total. The van der Waals surface area contributed by atoms with Crippen molar-refractivity contribution < 1.29 is 4.79 Å². The Kier molecular flexibility index (Phi) is 6.78. The highest BCUT2D eigenvalue weighted by Gasteiger charge is 2.21. The normalized spacial score (nSPS) is 11.2. The number of hydrogen-bond donors (Lipinski definition) is 1. The summed E-state index contributed by atoms with van der Waals surface area (Å²) in [5.41, 5.74) is 6.56. The van der Waals surface area contributed by atoms with E-state index in [4.69, 9.17) is 28.9 Å². The fraction of sp³-hybridized carbons (Fsp3) is 0.533. The van der Waals surface area contributed by atoms with E-state index in [1.807, 2.05) is 19.0 Å². The minimum Gasteiger partial charge on any atom is -0.399 e. The van der Waals surface area contributed by atoms with Crippen molar-refractivity contribution in [3.63, 3.8) is 0 Å². The second-order valence-corrected chi connectivity index (χ2v) is 6.60. The molecule has 0 radical (unpaired) electrons. The zero-order valence-corrected chi connectivity index (χ0v) is 14.5. The molecule has 0 saturated heterocycles. The van der Waals surface area contributed by atoms with Crippen LogP contribution in [-0.2, 0) is 0 Å². The van der Waals surface area contributed by atoms with Crippen LogP contribution in [0.2, 0.25) is 10.0 Å². The number of nitrogens with zero attached hydrogens (tertiary/aromatic N) is 2. The topological polar surface area (TPSA) is 49.6 Å². The average molecular weight is 332 g/mol. The molecule has 0 atom stereocenters. The summed E-state index contributed by atoms with van der Waals surface area (Å²) < 4.78 is 0. The first-order valence-corrected chi connectivity index (χ1v) is 7.66. The number of hydrogen-bond acceptors (Lipinski definition) is 3. The molecule has 0 heterocycles. The maximum atomic E-state index is 12.7. The summed E-state index contributed by atoms with van der Waals surface area (Å²) in [6.07, 6.45) is 0. The van der Waals surface area contributed by atoms with E-state index in [2.05, 4.69) is 13.8 Å². The molecule has 1 aromatic rings. The summed E-state index contributed by atoms with van der Waals surface area (Å²) in [7, 11) is 3.95. The van der Waals surface area contributed by atoms with Crippen LogP contribution in [0.4, 0.5) is 5.69 Å². The maximum absolute atomic E-state index is 12.7. The van der Waals surface area contributed by atoms with Gasteiger partial charge in [-0.2, -0.15) is 0 Å². The third-order valence-corrected chi connectivity index (χ3v) is 3.77. The zero-order chi connectivity index (χ0) is 16.2. The van der Waals surface area contributed by atoms with Gasteiger partial charge >= 0.3 is 0 Å². The van der Waals surface area contributed by atoms with Gasteiger partial charge in [0.05, 0.1) is 15.6 Å². The molecule has 21 heavy (non-hydrogen) atoms. The van der Waals surface area contributed by atoms with Crippen LogP contribution in [0.1, 0.15) is 24.2 Å². The third kappa shape index (κ3) is 5.38. The lowest BCUT2D eigenvalue weighted by molar-refractivity contribution is 0.0725. The van der Waals surface area contributed by atoms with Crippen LogP contribution >= 0.6 is 23.2 Å². The minimum atomic E-state index is -0.134. The number of carbonyl (C=O) groups is 1. The maximum Gasteiger partial charge on any atom is 0.255 e. The first-order valence-electron chi connectivity index (χ1n) is 6.91. The Morgan fingerprint density at radius 3 is 2.38 bits per heavy atom. The van der Waals surface area contributed by atoms with Crippen LogP contribution < -0.4 is 5.73 Å². The SMILES string of the molecule is CC(C)CN(CCN(C)C)C(=O)c1cc(N)cc(Cl)c1Cl. The largest absolute Gasteiger partial charge is 0.399 e. The first-order chi connectivity index (χ1) is 9.72. The zero-order valence-electron chi connectivity index (χ0n) is 13.0. The fourth-order valence-electron chi connectivity index (χ4n) is 1.97. The molecule has 0 spiro atoms. The standard InChI is InChI=1S/C15H23Cl2N3O/c1-10(2)9-20(6-5-19(3)4)15(21)12-7-11(18)8-13(16)14(12)17/h7-8,10H,5-6,9,18H2,1-4H3. The quantitative estimate of drug-likeness (QED) is 0.814. The van der Waals surface area contributed by atoms with Crippen molar-refractivity contribution in [2.24, 2.45) is 5.92 Å². The van der Waals surface area contributed by atoms with Crippen molar-refractivity contribution in [2.75, 3.05) is 39.5 Å². The number of nitrogen functional groups attached to an aromatic ring is 1. The predicted molar refractivity (Wildman–Crippen MR) is 90.2 cm³/mol. The molecule has 6 heteroatoms. The Labute approximate surface area is 136 Å². The van der Waals surface area contributed by atoms with Gasteiger partial charge in [0.25, 0.3) is 5.91 Å². The number of rotatable bonds is 6. The second kappa shape index (κ2) is 7.87. The number of likely N-dealkylation sites (N-methyl/N-ethyl adjacent to an activating group) is 1. The molecule has 0 aliphatic carbocycles. The molecular weight excluding hydrogens is 309 g/mol. The predicted octanol–water partition coefficient (Wildman–Crippen LogP) is 3.24. The van der Waals surface area contributed by atoms with Crippen LogP contribution in [0.25, 0.3) is 0 Å². The van der Waals surface area contributed by atoms with Crippen LogP contribution in [0.5, 0.6) is 0 Å². The van der Waals surface area contributed by atoms with E-state index in [0.717, 1.165) is 6.54 Å². The summed E-state index contributed by atoms with van der Waals surface area (Å²) in [6, 6.07) is 3.13. The lowest BCUT2D eigenvalue weighted by atomic mass is 10.1. The molecule has 0 aromatic heterocycles. The highest BCUT2D eigenvalue weighted by atomic mass is 35.5. The summed E-state index contributed by atoms with van der Waals surface area (Å²) in [5.74, 6) is 0.233. The van der Waals surface area contributed by atoms with Gasteiger partial charge in [0.15, 0.2) is 0 Å². The average Bonchev–Trinajstić information content (AvgIpc) is 2.37. The first kappa shape index (κ1) is 18.1. The minimum absolute atomic E-state index is 0.134.